The number of amides is 2. The lowest BCUT2D eigenvalue weighted by atomic mass is 10.4. The van der Waals surface area contributed by atoms with Crippen molar-refractivity contribution in [2.24, 2.45) is 0 Å². The van der Waals surface area contributed by atoms with Crippen LogP contribution in [0.5, 0.6) is 0 Å². The van der Waals surface area contributed by atoms with Crippen molar-refractivity contribution >= 4 is 36.0 Å². The molecule has 2 atom stereocenters. The third-order valence-electron chi connectivity index (χ3n) is 2.43. The van der Waals surface area contributed by atoms with Crippen molar-refractivity contribution in [3.63, 3.8) is 0 Å². The van der Waals surface area contributed by atoms with Gasteiger partial charge >= 0.3 is 0 Å². The number of rotatable bonds is 4. The molecule has 5 nitrogen and oxygen atoms in total. The van der Waals surface area contributed by atoms with E-state index in [-0.39, 0.29) is 5.91 Å². The van der Waals surface area contributed by atoms with Crippen LogP contribution in [0.2, 0.25) is 0 Å². The van der Waals surface area contributed by atoms with Gasteiger partial charge in [0, 0.05) is 13.1 Å². The molecule has 92 valence electrons. The summed E-state index contributed by atoms with van der Waals surface area (Å²) in [5.74, 6) is -0.650. The summed E-state index contributed by atoms with van der Waals surface area (Å²) >= 11 is 9.79. The highest BCUT2D eigenvalue weighted by atomic mass is 35.5. The smallest absolute Gasteiger partial charge is 0.260 e. The fourth-order valence-corrected chi connectivity index (χ4v) is 1.81. The van der Waals surface area contributed by atoms with Gasteiger partial charge < -0.3 is 15.5 Å². The molecule has 2 amide bonds. The van der Waals surface area contributed by atoms with E-state index in [1.165, 1.54) is 0 Å². The Balaban J connectivity index is 2.41. The highest BCUT2D eigenvalue weighted by Gasteiger charge is 2.27. The van der Waals surface area contributed by atoms with Gasteiger partial charge in [0.1, 0.15) is 5.37 Å². The van der Waals surface area contributed by atoms with E-state index in [0.717, 1.165) is 12.8 Å². The normalized spacial score (nSPS) is 19.3. The molecule has 0 aromatic rings. The maximum atomic E-state index is 11.7. The number of thiol groups is 1. The number of nitrogens with zero attached hydrogens (tertiary/aromatic N) is 1. The van der Waals surface area contributed by atoms with Gasteiger partial charge in [0.15, 0.2) is 5.50 Å². The van der Waals surface area contributed by atoms with Crippen molar-refractivity contribution in [3.8, 4) is 0 Å². The van der Waals surface area contributed by atoms with Gasteiger partial charge in [-0.25, -0.2) is 0 Å². The van der Waals surface area contributed by atoms with E-state index in [9.17, 15) is 9.59 Å². The summed E-state index contributed by atoms with van der Waals surface area (Å²) < 4.78 is 0. The van der Waals surface area contributed by atoms with Gasteiger partial charge in [-0.1, -0.05) is 11.6 Å². The van der Waals surface area contributed by atoms with Gasteiger partial charge in [0.05, 0.1) is 0 Å². The van der Waals surface area contributed by atoms with Gasteiger partial charge in [-0.05, 0) is 19.9 Å². The summed E-state index contributed by atoms with van der Waals surface area (Å²) in [6.07, 6.45) is 1.99. The number of hydrogen-bond acceptors (Lipinski definition) is 4. The topological polar surface area (TPSA) is 61.4 Å². The molecule has 0 radical (unpaired) electrons. The van der Waals surface area contributed by atoms with Gasteiger partial charge in [-0.15, -0.1) is 0 Å². The van der Waals surface area contributed by atoms with Crippen molar-refractivity contribution in [3.05, 3.63) is 0 Å². The van der Waals surface area contributed by atoms with Crippen molar-refractivity contribution < 1.29 is 9.59 Å². The zero-order valence-electron chi connectivity index (χ0n) is 9.07. The third kappa shape index (κ3) is 3.54. The molecule has 0 saturated carbocycles. The van der Waals surface area contributed by atoms with E-state index in [1.807, 2.05) is 0 Å². The maximum absolute atomic E-state index is 11.7. The molecule has 2 N–H and O–H groups in total. The second-order valence-electron chi connectivity index (χ2n) is 3.59. The largest absolute Gasteiger partial charge is 0.340 e. The Kier molecular flexibility index (Phi) is 5.37. The van der Waals surface area contributed by atoms with Crippen LogP contribution >= 0.6 is 24.2 Å². The minimum absolute atomic E-state index is 0.246. The number of hydrogen-bond donors (Lipinski definition) is 3. The standard InChI is InChI=1S/C9H16ClN3O2S/c1-11-8(16)7(14)12-6(10)9(15)13-4-2-3-5-13/h6,8,11,16H,2-5H2,1H3,(H,12,14). The molecule has 0 aromatic carbocycles. The lowest BCUT2D eigenvalue weighted by Gasteiger charge is -2.20. The first kappa shape index (κ1) is 13.6. The monoisotopic (exact) mass is 265 g/mol. The van der Waals surface area contributed by atoms with E-state index >= 15 is 0 Å². The summed E-state index contributed by atoms with van der Waals surface area (Å²) in [4.78, 5) is 24.8. The van der Waals surface area contributed by atoms with Gasteiger partial charge in [-0.3, -0.25) is 9.59 Å². The zero-order valence-corrected chi connectivity index (χ0v) is 10.7. The lowest BCUT2D eigenvalue weighted by Crippen LogP contribution is -2.48. The first-order chi connectivity index (χ1) is 7.56. The molecule has 1 fully saturated rings. The van der Waals surface area contributed by atoms with Crippen molar-refractivity contribution in [1.29, 1.82) is 0 Å². The van der Waals surface area contributed by atoms with Crippen LogP contribution in [0.25, 0.3) is 0 Å². The molecule has 1 aliphatic rings. The molecule has 1 aliphatic heterocycles. The summed E-state index contributed by atoms with van der Waals surface area (Å²) in [5, 5.41) is 4.39. The van der Waals surface area contributed by atoms with Gasteiger partial charge in [0.25, 0.3) is 5.91 Å². The van der Waals surface area contributed by atoms with Crippen LogP contribution in [0.4, 0.5) is 0 Å². The number of likely N-dealkylation sites (tertiary alicyclic amines) is 1. The number of nitrogens with one attached hydrogen (secondary N) is 2. The van der Waals surface area contributed by atoms with Crippen LogP contribution < -0.4 is 10.6 Å². The Morgan fingerprint density at radius 3 is 2.44 bits per heavy atom. The zero-order chi connectivity index (χ0) is 12.1. The molecule has 2 unspecified atom stereocenters. The first-order valence-electron chi connectivity index (χ1n) is 5.15. The van der Waals surface area contributed by atoms with E-state index in [1.54, 1.807) is 11.9 Å². The molecular weight excluding hydrogens is 250 g/mol. The van der Waals surface area contributed by atoms with Gasteiger partial charge in [0.2, 0.25) is 5.91 Å². The second-order valence-corrected chi connectivity index (χ2v) is 4.55. The quantitative estimate of drug-likeness (QED) is 0.285. The van der Waals surface area contributed by atoms with Crippen LogP contribution in [0.15, 0.2) is 0 Å². The molecular formula is C9H16ClN3O2S. The molecule has 0 bridgehead atoms. The fraction of sp³-hybridized carbons (Fsp3) is 0.778. The predicted octanol–water partition coefficient (Wildman–Crippen LogP) is -0.235. The Labute approximate surface area is 105 Å². The highest BCUT2D eigenvalue weighted by molar-refractivity contribution is 7.81. The first-order valence-corrected chi connectivity index (χ1v) is 6.10. The summed E-state index contributed by atoms with van der Waals surface area (Å²) in [6.45, 7) is 1.43. The van der Waals surface area contributed by atoms with E-state index in [0.29, 0.717) is 13.1 Å². The van der Waals surface area contributed by atoms with Crippen LogP contribution in [0.1, 0.15) is 12.8 Å². The van der Waals surface area contributed by atoms with Crippen LogP contribution in [0.3, 0.4) is 0 Å². The average molecular weight is 266 g/mol. The number of alkyl halides is 1. The molecule has 0 aliphatic carbocycles. The van der Waals surface area contributed by atoms with Crippen molar-refractivity contribution in [1.82, 2.24) is 15.5 Å². The molecule has 1 heterocycles. The lowest BCUT2D eigenvalue weighted by molar-refractivity contribution is -0.133. The summed E-state index contributed by atoms with van der Waals surface area (Å²) in [6, 6.07) is 0. The summed E-state index contributed by atoms with van der Waals surface area (Å²) in [7, 11) is 1.60. The number of halogens is 1. The minimum atomic E-state index is -1.01. The molecule has 16 heavy (non-hydrogen) atoms. The number of carbonyl (C=O) groups excluding carboxylic acids is 2. The Morgan fingerprint density at radius 2 is 1.94 bits per heavy atom. The molecule has 0 spiro atoms. The molecule has 7 heteroatoms. The molecule has 1 saturated heterocycles. The van der Waals surface area contributed by atoms with E-state index in [4.69, 9.17) is 11.6 Å². The SMILES string of the molecule is CNC(S)C(=O)NC(Cl)C(=O)N1CCCC1. The Bertz CT molecular complexity index is 271. The third-order valence-corrected chi connectivity index (χ3v) is 3.21. The Morgan fingerprint density at radius 1 is 1.38 bits per heavy atom. The fourth-order valence-electron chi connectivity index (χ4n) is 1.49. The predicted molar refractivity (Wildman–Crippen MR) is 65.4 cm³/mol. The average Bonchev–Trinajstić information content (AvgIpc) is 2.79. The highest BCUT2D eigenvalue weighted by Crippen LogP contribution is 2.10. The second kappa shape index (κ2) is 6.32. The van der Waals surface area contributed by atoms with Crippen LogP contribution in [-0.2, 0) is 9.59 Å². The van der Waals surface area contributed by atoms with Crippen molar-refractivity contribution in [2.75, 3.05) is 20.1 Å². The van der Waals surface area contributed by atoms with Gasteiger partial charge in [-0.2, -0.15) is 12.6 Å². The Hall–Kier alpha value is -0.460. The van der Waals surface area contributed by atoms with E-state index < -0.39 is 16.8 Å². The van der Waals surface area contributed by atoms with Crippen molar-refractivity contribution in [2.45, 2.75) is 23.7 Å². The van der Waals surface area contributed by atoms with E-state index in [2.05, 4.69) is 23.3 Å². The molecule has 0 aromatic heterocycles. The minimum Gasteiger partial charge on any atom is -0.340 e. The van der Waals surface area contributed by atoms with Crippen LogP contribution in [-0.4, -0.2) is 47.7 Å². The molecule has 1 rings (SSSR count). The maximum Gasteiger partial charge on any atom is 0.260 e. The van der Waals surface area contributed by atoms with Crippen LogP contribution in [0, 0.1) is 0 Å². The summed E-state index contributed by atoms with van der Waals surface area (Å²) in [5.41, 5.74) is -1.01. The number of carbonyl (C=O) groups is 2. The number of likely N-dealkylation sites (N-methyl/N-ethyl adjacent to an activating group) is 1.